The first-order chi connectivity index (χ1) is 9.12. The van der Waals surface area contributed by atoms with Gasteiger partial charge in [-0.3, -0.25) is 0 Å². The van der Waals surface area contributed by atoms with Crippen LogP contribution in [0.2, 0.25) is 0 Å². The quantitative estimate of drug-likeness (QED) is 0.867. The third kappa shape index (κ3) is 3.88. The zero-order valence-corrected chi connectivity index (χ0v) is 12.8. The Bertz CT molecular complexity index is 502. The van der Waals surface area contributed by atoms with Crippen molar-refractivity contribution in [2.24, 2.45) is 0 Å². The maximum absolute atomic E-state index is 4.58. The maximum atomic E-state index is 4.58. The lowest BCUT2D eigenvalue weighted by atomic mass is 9.84. The Hall–Kier alpha value is -1.19. The molecule has 19 heavy (non-hydrogen) atoms. The lowest BCUT2D eigenvalue weighted by molar-refractivity contribution is 0.467. The Morgan fingerprint density at radius 1 is 1.21 bits per heavy atom. The van der Waals surface area contributed by atoms with Crippen LogP contribution in [0.3, 0.4) is 0 Å². The normalized spacial score (nSPS) is 11.7. The first-order valence-corrected chi connectivity index (χ1v) is 7.69. The molecule has 0 aliphatic rings. The molecule has 0 saturated carbocycles. The van der Waals surface area contributed by atoms with E-state index in [1.165, 1.54) is 10.6 Å². The molecule has 1 aromatic carbocycles. The molecule has 1 aromatic heterocycles. The van der Waals surface area contributed by atoms with Gasteiger partial charge in [0.2, 0.25) is 0 Å². The van der Waals surface area contributed by atoms with Crippen LogP contribution in [0.15, 0.2) is 35.7 Å². The Labute approximate surface area is 119 Å². The number of hydrogen-bond donors (Lipinski definition) is 1. The molecule has 1 N–H and O–H groups in total. The van der Waals surface area contributed by atoms with E-state index in [0.29, 0.717) is 0 Å². The molecule has 0 aliphatic carbocycles. The van der Waals surface area contributed by atoms with Crippen molar-refractivity contribution in [1.82, 2.24) is 10.3 Å². The summed E-state index contributed by atoms with van der Waals surface area (Å²) in [6.07, 6.45) is 1.03. The van der Waals surface area contributed by atoms with Crippen LogP contribution >= 0.6 is 11.3 Å². The third-order valence-electron chi connectivity index (χ3n) is 3.33. The third-order valence-corrected chi connectivity index (χ3v) is 4.37. The molecule has 0 saturated heterocycles. The van der Waals surface area contributed by atoms with Gasteiger partial charge >= 0.3 is 0 Å². The standard InChI is InChI=1S/C16H22N2S/c1-4-15-18-14(11-19-15)10-17-12-16(2,3)13-8-6-5-7-9-13/h5-9,11,17H,4,10,12H2,1-3H3. The number of thiazole rings is 1. The van der Waals surface area contributed by atoms with Crippen LogP contribution in [-0.2, 0) is 18.4 Å². The van der Waals surface area contributed by atoms with Crippen molar-refractivity contribution in [2.45, 2.75) is 39.2 Å². The van der Waals surface area contributed by atoms with Crippen molar-refractivity contribution >= 4 is 11.3 Å². The van der Waals surface area contributed by atoms with Gasteiger partial charge in [-0.2, -0.15) is 0 Å². The van der Waals surface area contributed by atoms with Crippen LogP contribution in [0.5, 0.6) is 0 Å². The SMILES string of the molecule is CCc1nc(CNCC(C)(C)c2ccccc2)cs1. The van der Waals surface area contributed by atoms with Gasteiger partial charge in [-0.15, -0.1) is 11.3 Å². The second kappa shape index (κ2) is 6.31. The van der Waals surface area contributed by atoms with Gasteiger partial charge in [-0.1, -0.05) is 51.1 Å². The highest BCUT2D eigenvalue weighted by Crippen LogP contribution is 2.21. The molecule has 0 bridgehead atoms. The summed E-state index contributed by atoms with van der Waals surface area (Å²) in [6.45, 7) is 8.50. The summed E-state index contributed by atoms with van der Waals surface area (Å²) >= 11 is 1.75. The largest absolute Gasteiger partial charge is 0.310 e. The van der Waals surface area contributed by atoms with Crippen molar-refractivity contribution in [3.05, 3.63) is 52.0 Å². The monoisotopic (exact) mass is 274 g/mol. The summed E-state index contributed by atoms with van der Waals surface area (Å²) in [4.78, 5) is 4.58. The lowest BCUT2D eigenvalue weighted by Gasteiger charge is -2.25. The molecule has 0 spiro atoms. The summed E-state index contributed by atoms with van der Waals surface area (Å²) in [5.41, 5.74) is 2.67. The van der Waals surface area contributed by atoms with Gasteiger partial charge in [-0.25, -0.2) is 4.98 Å². The zero-order chi connectivity index (χ0) is 13.7. The van der Waals surface area contributed by atoms with Crippen molar-refractivity contribution in [1.29, 1.82) is 0 Å². The van der Waals surface area contributed by atoms with Crippen LogP contribution in [0.25, 0.3) is 0 Å². The van der Waals surface area contributed by atoms with Gasteiger partial charge in [0.15, 0.2) is 0 Å². The predicted octanol–water partition coefficient (Wildman–Crippen LogP) is 3.77. The summed E-state index contributed by atoms with van der Waals surface area (Å²) < 4.78 is 0. The Morgan fingerprint density at radius 2 is 1.95 bits per heavy atom. The van der Waals surface area contributed by atoms with E-state index in [4.69, 9.17) is 0 Å². The molecule has 0 aliphatic heterocycles. The van der Waals surface area contributed by atoms with Crippen molar-refractivity contribution in [2.75, 3.05) is 6.54 Å². The summed E-state index contributed by atoms with van der Waals surface area (Å²) in [5.74, 6) is 0. The molecule has 2 rings (SSSR count). The number of nitrogens with zero attached hydrogens (tertiary/aromatic N) is 1. The van der Waals surface area contributed by atoms with E-state index >= 15 is 0 Å². The van der Waals surface area contributed by atoms with Crippen LogP contribution in [0, 0.1) is 0 Å². The van der Waals surface area contributed by atoms with Gasteiger partial charge in [0.05, 0.1) is 10.7 Å². The fraction of sp³-hybridized carbons (Fsp3) is 0.438. The molecule has 0 amide bonds. The topological polar surface area (TPSA) is 24.9 Å². The van der Waals surface area contributed by atoms with Crippen molar-refractivity contribution < 1.29 is 0 Å². The molecule has 2 aromatic rings. The van der Waals surface area contributed by atoms with E-state index in [1.54, 1.807) is 11.3 Å². The molecule has 0 fully saturated rings. The van der Waals surface area contributed by atoms with Gasteiger partial charge < -0.3 is 5.32 Å². The van der Waals surface area contributed by atoms with E-state index in [-0.39, 0.29) is 5.41 Å². The van der Waals surface area contributed by atoms with E-state index in [2.05, 4.69) is 66.8 Å². The minimum atomic E-state index is 0.144. The van der Waals surface area contributed by atoms with Gasteiger partial charge in [0.1, 0.15) is 0 Å². The number of aryl methyl sites for hydroxylation is 1. The molecule has 102 valence electrons. The maximum Gasteiger partial charge on any atom is 0.0926 e. The van der Waals surface area contributed by atoms with Crippen LogP contribution < -0.4 is 5.32 Å². The van der Waals surface area contributed by atoms with Crippen LogP contribution in [0.4, 0.5) is 0 Å². The highest BCUT2D eigenvalue weighted by molar-refractivity contribution is 7.09. The fourth-order valence-electron chi connectivity index (χ4n) is 2.09. The molecule has 0 atom stereocenters. The molecule has 2 nitrogen and oxygen atoms in total. The van der Waals surface area contributed by atoms with E-state index in [1.807, 2.05) is 0 Å². The second-order valence-corrected chi connectivity index (χ2v) is 6.38. The van der Waals surface area contributed by atoms with E-state index in [0.717, 1.165) is 25.2 Å². The summed E-state index contributed by atoms with van der Waals surface area (Å²) in [5, 5.41) is 6.90. The zero-order valence-electron chi connectivity index (χ0n) is 11.9. The van der Waals surface area contributed by atoms with Gasteiger partial charge in [0.25, 0.3) is 0 Å². The Morgan fingerprint density at radius 3 is 2.58 bits per heavy atom. The smallest absolute Gasteiger partial charge is 0.0926 e. The van der Waals surface area contributed by atoms with Gasteiger partial charge in [0, 0.05) is 23.9 Å². The number of nitrogens with one attached hydrogen (secondary N) is 1. The Balaban J connectivity index is 1.88. The molecular formula is C16H22N2S. The highest BCUT2D eigenvalue weighted by atomic mass is 32.1. The first-order valence-electron chi connectivity index (χ1n) is 6.81. The number of benzene rings is 1. The van der Waals surface area contributed by atoms with E-state index < -0.39 is 0 Å². The minimum absolute atomic E-state index is 0.144. The summed E-state index contributed by atoms with van der Waals surface area (Å²) in [6, 6.07) is 10.7. The molecule has 3 heteroatoms. The van der Waals surface area contributed by atoms with Crippen molar-refractivity contribution in [3.8, 4) is 0 Å². The number of aromatic nitrogens is 1. The average molecular weight is 274 g/mol. The average Bonchev–Trinajstić information content (AvgIpc) is 2.87. The van der Waals surface area contributed by atoms with E-state index in [9.17, 15) is 0 Å². The Kier molecular flexibility index (Phi) is 4.72. The molecule has 0 unspecified atom stereocenters. The molecule has 1 heterocycles. The van der Waals surface area contributed by atoms with Crippen LogP contribution in [-0.4, -0.2) is 11.5 Å². The first kappa shape index (κ1) is 14.2. The number of rotatable bonds is 6. The molecular weight excluding hydrogens is 252 g/mol. The van der Waals surface area contributed by atoms with Gasteiger partial charge in [-0.05, 0) is 12.0 Å². The number of hydrogen-bond acceptors (Lipinski definition) is 3. The highest BCUT2D eigenvalue weighted by Gasteiger charge is 2.19. The van der Waals surface area contributed by atoms with Crippen molar-refractivity contribution in [3.63, 3.8) is 0 Å². The lowest BCUT2D eigenvalue weighted by Crippen LogP contribution is -2.32. The summed E-state index contributed by atoms with van der Waals surface area (Å²) in [7, 11) is 0. The minimum Gasteiger partial charge on any atom is -0.310 e. The fourth-order valence-corrected chi connectivity index (χ4v) is 2.83. The van der Waals surface area contributed by atoms with Crippen LogP contribution in [0.1, 0.15) is 37.0 Å². The second-order valence-electron chi connectivity index (χ2n) is 5.44. The molecule has 0 radical (unpaired) electrons. The predicted molar refractivity (Wildman–Crippen MR) is 82.7 cm³/mol.